The molecule has 1 heterocycles. The van der Waals surface area contributed by atoms with Gasteiger partial charge in [-0.3, -0.25) is 9.69 Å². The van der Waals surface area contributed by atoms with Crippen molar-refractivity contribution in [1.29, 1.82) is 0 Å². The average molecular weight is 201 g/mol. The summed E-state index contributed by atoms with van der Waals surface area (Å²) in [5.41, 5.74) is 0. The summed E-state index contributed by atoms with van der Waals surface area (Å²) in [5.74, 6) is -0.638. The van der Waals surface area contributed by atoms with Crippen molar-refractivity contribution in [1.82, 2.24) is 4.90 Å². The summed E-state index contributed by atoms with van der Waals surface area (Å²) in [4.78, 5) is 13.0. The minimum atomic E-state index is -0.676. The van der Waals surface area contributed by atoms with Crippen molar-refractivity contribution in [3.05, 3.63) is 0 Å². The Morgan fingerprint density at radius 3 is 2.71 bits per heavy atom. The van der Waals surface area contributed by atoms with Gasteiger partial charge in [-0.05, 0) is 12.8 Å². The van der Waals surface area contributed by atoms with Gasteiger partial charge in [0, 0.05) is 26.7 Å². The third kappa shape index (κ3) is 2.69. The molecule has 0 aliphatic carbocycles. The standard InChI is InChI=1S/C10H19NO3/c1-7-4-11(5-8(2)14-3)6-9(7)10(12)13/h7-9H,4-6H2,1-3H3,(H,12,13). The van der Waals surface area contributed by atoms with Gasteiger partial charge in [0.1, 0.15) is 0 Å². The predicted octanol–water partition coefficient (Wildman–Crippen LogP) is 0.674. The normalized spacial score (nSPS) is 30.5. The van der Waals surface area contributed by atoms with Crippen LogP contribution in [-0.2, 0) is 9.53 Å². The number of carboxylic acid groups (broad SMARTS) is 1. The van der Waals surface area contributed by atoms with Crippen LogP contribution in [0.4, 0.5) is 0 Å². The molecule has 4 nitrogen and oxygen atoms in total. The van der Waals surface area contributed by atoms with E-state index < -0.39 is 5.97 Å². The van der Waals surface area contributed by atoms with Crippen LogP contribution >= 0.6 is 0 Å². The molecule has 0 bridgehead atoms. The number of ether oxygens (including phenoxy) is 1. The first-order chi connectivity index (χ1) is 6.54. The average Bonchev–Trinajstić information content (AvgIpc) is 2.46. The zero-order valence-electron chi connectivity index (χ0n) is 9.06. The molecule has 0 aromatic carbocycles. The lowest BCUT2D eigenvalue weighted by Crippen LogP contribution is -2.31. The van der Waals surface area contributed by atoms with Gasteiger partial charge in [-0.15, -0.1) is 0 Å². The number of likely N-dealkylation sites (tertiary alicyclic amines) is 1. The highest BCUT2D eigenvalue weighted by atomic mass is 16.5. The number of aliphatic carboxylic acids is 1. The Morgan fingerprint density at radius 1 is 1.64 bits per heavy atom. The van der Waals surface area contributed by atoms with Crippen molar-refractivity contribution in [2.45, 2.75) is 20.0 Å². The summed E-state index contributed by atoms with van der Waals surface area (Å²) in [6.45, 7) is 6.34. The SMILES string of the molecule is COC(C)CN1CC(C)C(C(=O)O)C1. The number of carboxylic acids is 1. The predicted molar refractivity (Wildman–Crippen MR) is 53.2 cm³/mol. The van der Waals surface area contributed by atoms with E-state index in [4.69, 9.17) is 9.84 Å². The molecule has 0 spiro atoms. The van der Waals surface area contributed by atoms with E-state index in [2.05, 4.69) is 4.90 Å². The molecule has 1 fully saturated rings. The molecule has 3 atom stereocenters. The zero-order chi connectivity index (χ0) is 10.7. The maximum Gasteiger partial charge on any atom is 0.308 e. The fourth-order valence-corrected chi connectivity index (χ4v) is 1.98. The van der Waals surface area contributed by atoms with Gasteiger partial charge in [0.2, 0.25) is 0 Å². The highest BCUT2D eigenvalue weighted by molar-refractivity contribution is 5.71. The van der Waals surface area contributed by atoms with Gasteiger partial charge in [-0.1, -0.05) is 6.92 Å². The third-order valence-electron chi connectivity index (χ3n) is 2.92. The monoisotopic (exact) mass is 201 g/mol. The van der Waals surface area contributed by atoms with Crippen LogP contribution in [0.1, 0.15) is 13.8 Å². The number of methoxy groups -OCH3 is 1. The highest BCUT2D eigenvalue weighted by Gasteiger charge is 2.34. The Kier molecular flexibility index (Phi) is 3.89. The number of carbonyl (C=O) groups is 1. The van der Waals surface area contributed by atoms with E-state index in [-0.39, 0.29) is 17.9 Å². The molecule has 0 saturated carbocycles. The highest BCUT2D eigenvalue weighted by Crippen LogP contribution is 2.23. The number of rotatable bonds is 4. The fraction of sp³-hybridized carbons (Fsp3) is 0.900. The van der Waals surface area contributed by atoms with Crippen molar-refractivity contribution < 1.29 is 14.6 Å². The lowest BCUT2D eigenvalue weighted by molar-refractivity contribution is -0.142. The lowest BCUT2D eigenvalue weighted by Gasteiger charge is -2.19. The molecular weight excluding hydrogens is 182 g/mol. The Morgan fingerprint density at radius 2 is 2.29 bits per heavy atom. The molecule has 1 N–H and O–H groups in total. The molecule has 14 heavy (non-hydrogen) atoms. The first-order valence-corrected chi connectivity index (χ1v) is 5.02. The van der Waals surface area contributed by atoms with E-state index in [1.165, 1.54) is 0 Å². The molecule has 1 aliphatic rings. The van der Waals surface area contributed by atoms with Crippen LogP contribution in [0.15, 0.2) is 0 Å². The van der Waals surface area contributed by atoms with Gasteiger partial charge in [0.15, 0.2) is 0 Å². The van der Waals surface area contributed by atoms with Gasteiger partial charge >= 0.3 is 5.97 Å². The van der Waals surface area contributed by atoms with E-state index in [0.29, 0.717) is 6.54 Å². The van der Waals surface area contributed by atoms with Crippen molar-refractivity contribution in [2.24, 2.45) is 11.8 Å². The van der Waals surface area contributed by atoms with Crippen molar-refractivity contribution in [3.63, 3.8) is 0 Å². The summed E-state index contributed by atoms with van der Waals surface area (Å²) < 4.78 is 5.15. The largest absolute Gasteiger partial charge is 0.481 e. The minimum Gasteiger partial charge on any atom is -0.481 e. The van der Waals surface area contributed by atoms with Crippen LogP contribution < -0.4 is 0 Å². The topological polar surface area (TPSA) is 49.8 Å². The van der Waals surface area contributed by atoms with E-state index in [9.17, 15) is 4.79 Å². The summed E-state index contributed by atoms with van der Waals surface area (Å²) in [5, 5.41) is 8.93. The van der Waals surface area contributed by atoms with E-state index in [1.54, 1.807) is 7.11 Å². The van der Waals surface area contributed by atoms with Crippen molar-refractivity contribution in [3.8, 4) is 0 Å². The van der Waals surface area contributed by atoms with Crippen LogP contribution in [0.25, 0.3) is 0 Å². The molecule has 4 heteroatoms. The molecule has 0 aromatic heterocycles. The second kappa shape index (κ2) is 4.75. The van der Waals surface area contributed by atoms with Gasteiger partial charge in [0.05, 0.1) is 12.0 Å². The van der Waals surface area contributed by atoms with Crippen LogP contribution in [0, 0.1) is 11.8 Å². The Labute approximate surface area is 84.8 Å². The molecule has 1 rings (SSSR count). The summed E-state index contributed by atoms with van der Waals surface area (Å²) in [7, 11) is 1.68. The van der Waals surface area contributed by atoms with Crippen molar-refractivity contribution in [2.75, 3.05) is 26.7 Å². The second-order valence-corrected chi connectivity index (χ2v) is 4.19. The first kappa shape index (κ1) is 11.5. The molecule has 0 radical (unpaired) electrons. The third-order valence-corrected chi connectivity index (χ3v) is 2.92. The molecule has 1 aliphatic heterocycles. The summed E-state index contributed by atoms with van der Waals surface area (Å²) >= 11 is 0. The molecule has 0 aromatic rings. The zero-order valence-corrected chi connectivity index (χ0v) is 9.06. The fourth-order valence-electron chi connectivity index (χ4n) is 1.98. The Hall–Kier alpha value is -0.610. The van der Waals surface area contributed by atoms with E-state index >= 15 is 0 Å². The smallest absolute Gasteiger partial charge is 0.308 e. The van der Waals surface area contributed by atoms with Gasteiger partial charge in [-0.25, -0.2) is 0 Å². The van der Waals surface area contributed by atoms with Crippen LogP contribution in [0.3, 0.4) is 0 Å². The van der Waals surface area contributed by atoms with Crippen LogP contribution in [0.2, 0.25) is 0 Å². The molecule has 82 valence electrons. The lowest BCUT2D eigenvalue weighted by atomic mass is 9.99. The van der Waals surface area contributed by atoms with Crippen LogP contribution in [0.5, 0.6) is 0 Å². The second-order valence-electron chi connectivity index (χ2n) is 4.19. The van der Waals surface area contributed by atoms with E-state index in [1.807, 2.05) is 13.8 Å². The molecule has 3 unspecified atom stereocenters. The number of hydrogen-bond donors (Lipinski definition) is 1. The van der Waals surface area contributed by atoms with Gasteiger partial charge in [0.25, 0.3) is 0 Å². The first-order valence-electron chi connectivity index (χ1n) is 5.02. The minimum absolute atomic E-state index is 0.176. The quantitative estimate of drug-likeness (QED) is 0.726. The van der Waals surface area contributed by atoms with Gasteiger partial charge < -0.3 is 9.84 Å². The maximum absolute atomic E-state index is 10.9. The number of hydrogen-bond acceptors (Lipinski definition) is 3. The van der Waals surface area contributed by atoms with E-state index in [0.717, 1.165) is 13.1 Å². The van der Waals surface area contributed by atoms with Crippen LogP contribution in [-0.4, -0.2) is 48.8 Å². The van der Waals surface area contributed by atoms with Crippen molar-refractivity contribution >= 4 is 5.97 Å². The molecular formula is C10H19NO3. The summed E-state index contributed by atoms with van der Waals surface area (Å²) in [6.07, 6.45) is 0.176. The number of nitrogens with zero attached hydrogens (tertiary/aromatic N) is 1. The maximum atomic E-state index is 10.9. The van der Waals surface area contributed by atoms with Gasteiger partial charge in [-0.2, -0.15) is 0 Å². The molecule has 0 amide bonds. The molecule has 1 saturated heterocycles. The Balaban J connectivity index is 2.42. The Bertz CT molecular complexity index is 208. The summed E-state index contributed by atoms with van der Waals surface area (Å²) in [6, 6.07) is 0.